The van der Waals surface area contributed by atoms with E-state index in [0.717, 1.165) is 27.0 Å². The van der Waals surface area contributed by atoms with Crippen molar-refractivity contribution in [1.29, 1.82) is 0 Å². The smallest absolute Gasteiger partial charge is 0.226 e. The lowest BCUT2D eigenvalue weighted by Gasteiger charge is -2.18. The SMILES string of the molecule is CN(Cc1ccccc1Br)C(=O)C1CC1c1ccccc1Cl. The molecule has 2 aromatic carbocycles. The van der Waals surface area contributed by atoms with Gasteiger partial charge in [-0.05, 0) is 35.6 Å². The monoisotopic (exact) mass is 377 g/mol. The Balaban J connectivity index is 1.66. The lowest BCUT2D eigenvalue weighted by atomic mass is 10.1. The third-order valence-corrected chi connectivity index (χ3v) is 5.27. The third-order valence-electron chi connectivity index (χ3n) is 4.15. The van der Waals surface area contributed by atoms with Crippen molar-refractivity contribution >= 4 is 33.4 Å². The van der Waals surface area contributed by atoms with Gasteiger partial charge in [0.15, 0.2) is 0 Å². The number of hydrogen-bond acceptors (Lipinski definition) is 1. The van der Waals surface area contributed by atoms with Gasteiger partial charge in [0.25, 0.3) is 0 Å². The van der Waals surface area contributed by atoms with E-state index in [0.29, 0.717) is 6.54 Å². The molecule has 114 valence electrons. The van der Waals surface area contributed by atoms with Crippen LogP contribution in [0.3, 0.4) is 0 Å². The van der Waals surface area contributed by atoms with Crippen molar-refractivity contribution in [3.8, 4) is 0 Å². The molecule has 0 heterocycles. The molecule has 1 amide bonds. The normalized spacial score (nSPS) is 19.8. The molecule has 3 rings (SSSR count). The maximum Gasteiger partial charge on any atom is 0.226 e. The fraction of sp³-hybridized carbons (Fsp3) is 0.278. The zero-order chi connectivity index (χ0) is 15.7. The molecule has 4 heteroatoms. The predicted molar refractivity (Wildman–Crippen MR) is 92.9 cm³/mol. The van der Waals surface area contributed by atoms with Crippen LogP contribution in [-0.2, 0) is 11.3 Å². The maximum atomic E-state index is 12.6. The van der Waals surface area contributed by atoms with E-state index in [1.807, 2.05) is 60.5 Å². The molecule has 0 aliphatic heterocycles. The molecule has 1 fully saturated rings. The molecule has 0 aromatic heterocycles. The summed E-state index contributed by atoms with van der Waals surface area (Å²) >= 11 is 9.76. The van der Waals surface area contributed by atoms with Crippen LogP contribution < -0.4 is 0 Å². The molecular formula is C18H17BrClNO. The van der Waals surface area contributed by atoms with Gasteiger partial charge < -0.3 is 4.90 Å². The van der Waals surface area contributed by atoms with Crippen molar-refractivity contribution in [3.05, 3.63) is 69.2 Å². The highest BCUT2D eigenvalue weighted by molar-refractivity contribution is 9.10. The second kappa shape index (κ2) is 6.43. The van der Waals surface area contributed by atoms with Crippen molar-refractivity contribution in [1.82, 2.24) is 4.90 Å². The van der Waals surface area contributed by atoms with E-state index in [1.54, 1.807) is 0 Å². The van der Waals surface area contributed by atoms with Gasteiger partial charge >= 0.3 is 0 Å². The van der Waals surface area contributed by atoms with E-state index in [1.165, 1.54) is 0 Å². The van der Waals surface area contributed by atoms with Crippen molar-refractivity contribution in [2.24, 2.45) is 5.92 Å². The van der Waals surface area contributed by atoms with E-state index in [9.17, 15) is 4.79 Å². The Kier molecular flexibility index (Phi) is 4.55. The van der Waals surface area contributed by atoms with E-state index < -0.39 is 0 Å². The number of carbonyl (C=O) groups excluding carboxylic acids is 1. The molecule has 1 saturated carbocycles. The molecular weight excluding hydrogens is 362 g/mol. The van der Waals surface area contributed by atoms with Crippen LogP contribution >= 0.6 is 27.5 Å². The summed E-state index contributed by atoms with van der Waals surface area (Å²) in [5.41, 5.74) is 2.21. The molecule has 0 saturated heterocycles. The topological polar surface area (TPSA) is 20.3 Å². The predicted octanol–water partition coefficient (Wildman–Crippen LogP) is 4.86. The number of carbonyl (C=O) groups is 1. The summed E-state index contributed by atoms with van der Waals surface area (Å²) in [6, 6.07) is 15.8. The Morgan fingerprint density at radius 3 is 2.64 bits per heavy atom. The first-order valence-electron chi connectivity index (χ1n) is 7.30. The first-order valence-corrected chi connectivity index (χ1v) is 8.48. The standard InChI is InChI=1S/C18H17BrClNO/c1-21(11-12-6-2-4-8-16(12)19)18(22)15-10-14(15)13-7-3-5-9-17(13)20/h2-9,14-15H,10-11H2,1H3. The molecule has 0 spiro atoms. The zero-order valence-electron chi connectivity index (χ0n) is 12.3. The quantitative estimate of drug-likeness (QED) is 0.743. The van der Waals surface area contributed by atoms with E-state index in [4.69, 9.17) is 11.6 Å². The van der Waals surface area contributed by atoms with Gasteiger partial charge in [-0.15, -0.1) is 0 Å². The van der Waals surface area contributed by atoms with Crippen molar-refractivity contribution in [2.45, 2.75) is 18.9 Å². The van der Waals surface area contributed by atoms with Crippen LogP contribution in [0.1, 0.15) is 23.5 Å². The Morgan fingerprint density at radius 1 is 1.23 bits per heavy atom. The molecule has 2 atom stereocenters. The van der Waals surface area contributed by atoms with Crippen LogP contribution in [0.4, 0.5) is 0 Å². The zero-order valence-corrected chi connectivity index (χ0v) is 14.6. The molecule has 1 aliphatic rings. The molecule has 0 radical (unpaired) electrons. The summed E-state index contributed by atoms with van der Waals surface area (Å²) < 4.78 is 1.04. The Morgan fingerprint density at radius 2 is 1.91 bits per heavy atom. The number of nitrogens with zero attached hydrogens (tertiary/aromatic N) is 1. The number of hydrogen-bond donors (Lipinski definition) is 0. The second-order valence-corrected chi connectivity index (χ2v) is 7.02. The minimum Gasteiger partial charge on any atom is -0.341 e. The van der Waals surface area contributed by atoms with Crippen LogP contribution in [0.15, 0.2) is 53.0 Å². The first-order chi connectivity index (χ1) is 10.6. The summed E-state index contributed by atoms with van der Waals surface area (Å²) in [4.78, 5) is 14.4. The van der Waals surface area contributed by atoms with Crippen molar-refractivity contribution < 1.29 is 4.79 Å². The summed E-state index contributed by atoms with van der Waals surface area (Å²) in [5, 5.41) is 0.760. The van der Waals surface area contributed by atoms with Gasteiger partial charge in [-0.3, -0.25) is 4.79 Å². The van der Waals surface area contributed by atoms with Crippen molar-refractivity contribution in [3.63, 3.8) is 0 Å². The second-order valence-electron chi connectivity index (χ2n) is 5.76. The Hall–Kier alpha value is -1.32. The molecule has 2 aromatic rings. The van der Waals surface area contributed by atoms with E-state index in [2.05, 4.69) is 15.9 Å². The molecule has 1 aliphatic carbocycles. The minimum atomic E-state index is 0.0624. The van der Waals surface area contributed by atoms with Crippen LogP contribution in [0, 0.1) is 5.92 Å². The molecule has 22 heavy (non-hydrogen) atoms. The van der Waals surface area contributed by atoms with Crippen LogP contribution in [0.5, 0.6) is 0 Å². The lowest BCUT2D eigenvalue weighted by Crippen LogP contribution is -2.28. The average molecular weight is 379 g/mol. The number of halogens is 2. The molecule has 0 N–H and O–H groups in total. The fourth-order valence-electron chi connectivity index (χ4n) is 2.83. The van der Waals surface area contributed by atoms with Crippen molar-refractivity contribution in [2.75, 3.05) is 7.05 Å². The molecule has 0 bridgehead atoms. The fourth-order valence-corrected chi connectivity index (χ4v) is 3.52. The Bertz CT molecular complexity index is 699. The van der Waals surface area contributed by atoms with Crippen LogP contribution in [0.2, 0.25) is 5.02 Å². The summed E-state index contributed by atoms with van der Waals surface area (Å²) in [6.45, 7) is 0.617. The van der Waals surface area contributed by atoms with Gasteiger partial charge in [0, 0.05) is 29.0 Å². The highest BCUT2D eigenvalue weighted by atomic mass is 79.9. The highest BCUT2D eigenvalue weighted by Crippen LogP contribution is 2.50. The van der Waals surface area contributed by atoms with Gasteiger partial charge in [0.1, 0.15) is 0 Å². The highest BCUT2D eigenvalue weighted by Gasteiger charge is 2.45. The first kappa shape index (κ1) is 15.6. The number of amides is 1. The lowest BCUT2D eigenvalue weighted by molar-refractivity contribution is -0.131. The van der Waals surface area contributed by atoms with E-state index in [-0.39, 0.29) is 17.7 Å². The van der Waals surface area contributed by atoms with E-state index >= 15 is 0 Å². The average Bonchev–Trinajstić information content (AvgIpc) is 3.29. The molecule has 2 nitrogen and oxygen atoms in total. The largest absolute Gasteiger partial charge is 0.341 e. The van der Waals surface area contributed by atoms with Crippen LogP contribution in [0.25, 0.3) is 0 Å². The van der Waals surface area contributed by atoms with Gasteiger partial charge in [0.05, 0.1) is 0 Å². The minimum absolute atomic E-state index is 0.0624. The molecule has 2 unspecified atom stereocenters. The van der Waals surface area contributed by atoms with Gasteiger partial charge in [-0.2, -0.15) is 0 Å². The van der Waals surface area contributed by atoms with Gasteiger partial charge in [0.2, 0.25) is 5.91 Å². The summed E-state index contributed by atoms with van der Waals surface area (Å²) in [6.07, 6.45) is 0.892. The van der Waals surface area contributed by atoms with Gasteiger partial charge in [-0.25, -0.2) is 0 Å². The summed E-state index contributed by atoms with van der Waals surface area (Å²) in [7, 11) is 1.86. The van der Waals surface area contributed by atoms with Crippen LogP contribution in [-0.4, -0.2) is 17.9 Å². The number of rotatable bonds is 4. The Labute approximate surface area is 144 Å². The van der Waals surface area contributed by atoms with Gasteiger partial charge in [-0.1, -0.05) is 63.9 Å². The third kappa shape index (κ3) is 3.21. The number of benzene rings is 2. The maximum absolute atomic E-state index is 12.6. The summed E-state index contributed by atoms with van der Waals surface area (Å²) in [5.74, 6) is 0.524.